The number of nitrogens with zero attached hydrogens (tertiary/aromatic N) is 4. The highest BCUT2D eigenvalue weighted by Gasteiger charge is 2.31. The van der Waals surface area contributed by atoms with E-state index >= 15 is 0 Å². The minimum atomic E-state index is -4.36. The molecule has 0 N–H and O–H groups in total. The van der Waals surface area contributed by atoms with Crippen LogP contribution in [0.5, 0.6) is 0 Å². The number of anilines is 1. The summed E-state index contributed by atoms with van der Waals surface area (Å²) in [6.45, 7) is 3.75. The summed E-state index contributed by atoms with van der Waals surface area (Å²) in [5.41, 5.74) is -0.126. The van der Waals surface area contributed by atoms with Crippen LogP contribution in [0.15, 0.2) is 28.8 Å². The summed E-state index contributed by atoms with van der Waals surface area (Å²) in [7, 11) is 0. The highest BCUT2D eigenvalue weighted by molar-refractivity contribution is 5.76. The van der Waals surface area contributed by atoms with Gasteiger partial charge in [-0.3, -0.25) is 4.79 Å². The van der Waals surface area contributed by atoms with Crippen LogP contribution in [-0.2, 0) is 17.4 Å². The summed E-state index contributed by atoms with van der Waals surface area (Å²) < 4.78 is 43.6. The molecule has 6 nitrogen and oxygen atoms in total. The Bertz CT molecular complexity index is 783. The third-order valence-electron chi connectivity index (χ3n) is 4.52. The molecule has 1 aromatic heterocycles. The van der Waals surface area contributed by atoms with E-state index in [1.54, 1.807) is 17.9 Å². The first-order chi connectivity index (χ1) is 12.8. The predicted molar refractivity (Wildman–Crippen MR) is 92.2 cm³/mol. The largest absolute Gasteiger partial charge is 0.416 e. The fourth-order valence-electron chi connectivity index (χ4n) is 3.08. The molecule has 1 aromatic carbocycles. The molecule has 0 atom stereocenters. The van der Waals surface area contributed by atoms with Gasteiger partial charge in [0.1, 0.15) is 0 Å². The van der Waals surface area contributed by atoms with Gasteiger partial charge in [-0.15, -0.1) is 0 Å². The number of piperazine rings is 1. The lowest BCUT2D eigenvalue weighted by Gasteiger charge is -2.36. The molecule has 1 aliphatic heterocycles. The monoisotopic (exact) mass is 382 g/mol. The van der Waals surface area contributed by atoms with Crippen LogP contribution in [0.25, 0.3) is 0 Å². The fourth-order valence-corrected chi connectivity index (χ4v) is 3.08. The lowest BCUT2D eigenvalue weighted by atomic mass is 10.1. The number of aryl methyl sites for hydroxylation is 2. The summed E-state index contributed by atoms with van der Waals surface area (Å²) in [4.78, 5) is 20.0. The maximum absolute atomic E-state index is 12.9. The molecule has 2 heterocycles. The number of carbonyl (C=O) groups excluding carboxylic acids is 1. The van der Waals surface area contributed by atoms with Crippen molar-refractivity contribution in [3.05, 3.63) is 41.5 Å². The van der Waals surface area contributed by atoms with Crippen molar-refractivity contribution in [2.75, 3.05) is 31.1 Å². The highest BCUT2D eigenvalue weighted by Crippen LogP contribution is 2.31. The second-order valence-electron chi connectivity index (χ2n) is 6.50. The molecule has 0 saturated carbocycles. The number of hydrogen-bond donors (Lipinski definition) is 0. The molecule has 0 radical (unpaired) electrons. The van der Waals surface area contributed by atoms with Gasteiger partial charge < -0.3 is 14.3 Å². The molecule has 9 heteroatoms. The van der Waals surface area contributed by atoms with Gasteiger partial charge >= 0.3 is 6.18 Å². The molecule has 146 valence electrons. The Balaban J connectivity index is 1.47. The average Bonchev–Trinajstić information content (AvgIpc) is 3.06. The third kappa shape index (κ3) is 4.99. The minimum Gasteiger partial charge on any atom is -0.368 e. The van der Waals surface area contributed by atoms with Crippen molar-refractivity contribution in [1.29, 1.82) is 0 Å². The fraction of sp³-hybridized carbons (Fsp3) is 0.500. The lowest BCUT2D eigenvalue weighted by molar-refractivity contribution is -0.137. The first-order valence-electron chi connectivity index (χ1n) is 8.82. The second-order valence-corrected chi connectivity index (χ2v) is 6.50. The van der Waals surface area contributed by atoms with Crippen molar-refractivity contribution >= 4 is 11.6 Å². The molecular formula is C18H21F3N4O2. The van der Waals surface area contributed by atoms with Gasteiger partial charge in [0, 0.05) is 44.7 Å². The van der Waals surface area contributed by atoms with Crippen LogP contribution in [0.2, 0.25) is 0 Å². The zero-order valence-corrected chi connectivity index (χ0v) is 15.0. The van der Waals surface area contributed by atoms with Crippen LogP contribution >= 0.6 is 0 Å². The Labute approximate surface area is 154 Å². The first-order valence-corrected chi connectivity index (χ1v) is 8.82. The number of amides is 1. The van der Waals surface area contributed by atoms with Crippen molar-refractivity contribution < 1.29 is 22.5 Å². The van der Waals surface area contributed by atoms with Gasteiger partial charge in [0.05, 0.1) is 5.56 Å². The van der Waals surface area contributed by atoms with Gasteiger partial charge in [0.2, 0.25) is 11.8 Å². The number of alkyl halides is 3. The van der Waals surface area contributed by atoms with E-state index in [2.05, 4.69) is 10.1 Å². The average molecular weight is 382 g/mol. The van der Waals surface area contributed by atoms with Crippen LogP contribution in [0.3, 0.4) is 0 Å². The van der Waals surface area contributed by atoms with E-state index in [0.717, 1.165) is 12.1 Å². The number of aromatic nitrogens is 2. The number of rotatable bonds is 5. The summed E-state index contributed by atoms with van der Waals surface area (Å²) in [5, 5.41) is 3.71. The molecule has 3 rings (SSSR count). The van der Waals surface area contributed by atoms with Crippen molar-refractivity contribution in [1.82, 2.24) is 15.0 Å². The Kier molecular flexibility index (Phi) is 5.67. The van der Waals surface area contributed by atoms with E-state index < -0.39 is 11.7 Å². The van der Waals surface area contributed by atoms with E-state index in [4.69, 9.17) is 4.52 Å². The maximum atomic E-state index is 12.9. The van der Waals surface area contributed by atoms with Crippen LogP contribution in [0, 0.1) is 6.92 Å². The van der Waals surface area contributed by atoms with Crippen LogP contribution in [-0.4, -0.2) is 47.1 Å². The molecule has 2 aromatic rings. The van der Waals surface area contributed by atoms with E-state index in [1.807, 2.05) is 4.90 Å². The van der Waals surface area contributed by atoms with Crippen LogP contribution in [0.1, 0.15) is 30.1 Å². The van der Waals surface area contributed by atoms with E-state index in [-0.39, 0.29) is 5.91 Å². The van der Waals surface area contributed by atoms with Gasteiger partial charge in [-0.1, -0.05) is 11.2 Å². The van der Waals surface area contributed by atoms with E-state index in [0.29, 0.717) is 62.8 Å². The summed E-state index contributed by atoms with van der Waals surface area (Å²) in [6, 6.07) is 5.30. The summed E-state index contributed by atoms with van der Waals surface area (Å²) >= 11 is 0. The Hall–Kier alpha value is -2.58. The van der Waals surface area contributed by atoms with Gasteiger partial charge in [-0.05, 0) is 31.5 Å². The molecule has 27 heavy (non-hydrogen) atoms. The SMILES string of the molecule is Cc1noc(CCCC(=O)N2CCN(c3cccc(C(F)(F)F)c3)CC2)n1. The number of hydrogen-bond acceptors (Lipinski definition) is 5. The molecule has 1 amide bonds. The molecule has 0 spiro atoms. The lowest BCUT2D eigenvalue weighted by Crippen LogP contribution is -2.48. The molecule has 1 aliphatic rings. The zero-order valence-electron chi connectivity index (χ0n) is 15.0. The normalized spacial score (nSPS) is 15.3. The molecule has 1 fully saturated rings. The van der Waals surface area contributed by atoms with Crippen molar-refractivity contribution in [2.24, 2.45) is 0 Å². The Morgan fingerprint density at radius 3 is 2.59 bits per heavy atom. The number of carbonyl (C=O) groups is 1. The van der Waals surface area contributed by atoms with Gasteiger partial charge in [0.15, 0.2) is 5.82 Å². The van der Waals surface area contributed by atoms with Crippen LogP contribution in [0.4, 0.5) is 18.9 Å². The molecule has 0 aliphatic carbocycles. The number of halogens is 3. The van der Waals surface area contributed by atoms with Gasteiger partial charge in [-0.25, -0.2) is 0 Å². The summed E-state index contributed by atoms with van der Waals surface area (Å²) in [6.07, 6.45) is -2.80. The molecular weight excluding hydrogens is 361 g/mol. The topological polar surface area (TPSA) is 62.5 Å². The Morgan fingerprint density at radius 2 is 1.96 bits per heavy atom. The highest BCUT2D eigenvalue weighted by atomic mass is 19.4. The molecule has 1 saturated heterocycles. The van der Waals surface area contributed by atoms with E-state index in [9.17, 15) is 18.0 Å². The third-order valence-corrected chi connectivity index (χ3v) is 4.52. The standard InChI is InChI=1S/C18H21F3N4O2/c1-13-22-16(27-23-13)6-3-7-17(26)25-10-8-24(9-11-25)15-5-2-4-14(12-15)18(19,20)21/h2,4-5,12H,3,6-11H2,1H3. The van der Waals surface area contributed by atoms with Gasteiger partial charge in [0.25, 0.3) is 0 Å². The van der Waals surface area contributed by atoms with Crippen molar-refractivity contribution in [3.63, 3.8) is 0 Å². The van der Waals surface area contributed by atoms with E-state index in [1.165, 1.54) is 6.07 Å². The predicted octanol–water partition coefficient (Wildman–Crippen LogP) is 3.07. The molecule has 0 bridgehead atoms. The van der Waals surface area contributed by atoms with Crippen molar-refractivity contribution in [3.8, 4) is 0 Å². The number of benzene rings is 1. The van der Waals surface area contributed by atoms with Gasteiger partial charge in [-0.2, -0.15) is 18.2 Å². The second kappa shape index (κ2) is 7.98. The quantitative estimate of drug-likeness (QED) is 0.795. The molecule has 0 unspecified atom stereocenters. The minimum absolute atomic E-state index is 0.0370. The maximum Gasteiger partial charge on any atom is 0.416 e. The smallest absolute Gasteiger partial charge is 0.368 e. The zero-order chi connectivity index (χ0) is 19.4. The van der Waals surface area contributed by atoms with Crippen molar-refractivity contribution in [2.45, 2.75) is 32.4 Å². The first kappa shape index (κ1) is 19.2. The van der Waals surface area contributed by atoms with Crippen LogP contribution < -0.4 is 4.90 Å². The summed E-state index contributed by atoms with van der Waals surface area (Å²) in [5.74, 6) is 1.13. The Morgan fingerprint density at radius 1 is 1.22 bits per heavy atom.